The van der Waals surface area contributed by atoms with Gasteiger partial charge < -0.3 is 5.73 Å². The minimum atomic E-state index is 0.129. The highest BCUT2D eigenvalue weighted by atomic mass is 14.6. The van der Waals surface area contributed by atoms with Crippen molar-refractivity contribution in [2.45, 2.75) is 6.04 Å². The van der Waals surface area contributed by atoms with Crippen LogP contribution in [0.1, 0.15) is 17.2 Å². The van der Waals surface area contributed by atoms with Gasteiger partial charge in [-0.1, -0.05) is 109 Å². The average molecular weight is 336 g/mol. The van der Waals surface area contributed by atoms with Gasteiger partial charge in [-0.25, -0.2) is 0 Å². The molecule has 0 aliphatic rings. The third kappa shape index (κ3) is 3.44. The van der Waals surface area contributed by atoms with E-state index >= 15 is 0 Å². The summed E-state index contributed by atoms with van der Waals surface area (Å²) in [6.45, 7) is 0. The van der Waals surface area contributed by atoms with Gasteiger partial charge in [0.2, 0.25) is 0 Å². The van der Waals surface area contributed by atoms with E-state index in [1.807, 2.05) is 12.1 Å². The maximum atomic E-state index is 4.38. The summed E-state index contributed by atoms with van der Waals surface area (Å²) in [5, 5.41) is 0. The summed E-state index contributed by atoms with van der Waals surface area (Å²) >= 11 is 0. The molecule has 1 nitrogen and oxygen atoms in total. The minimum Gasteiger partial charge on any atom is -0.348 e. The number of quaternary nitrogens is 1. The van der Waals surface area contributed by atoms with Crippen molar-refractivity contribution < 1.29 is 5.73 Å². The van der Waals surface area contributed by atoms with Gasteiger partial charge in [0.15, 0.2) is 0 Å². The van der Waals surface area contributed by atoms with Crippen LogP contribution in [0.4, 0.5) is 0 Å². The van der Waals surface area contributed by atoms with Crippen LogP contribution < -0.4 is 5.73 Å². The third-order valence-corrected chi connectivity index (χ3v) is 4.84. The van der Waals surface area contributed by atoms with E-state index in [1.54, 1.807) is 0 Å². The molecule has 4 aromatic carbocycles. The highest BCUT2D eigenvalue weighted by molar-refractivity contribution is 5.65. The Hall–Kier alpha value is -3.16. The minimum absolute atomic E-state index is 0.129. The molecule has 0 unspecified atom stereocenters. The van der Waals surface area contributed by atoms with E-state index in [0.717, 1.165) is 0 Å². The van der Waals surface area contributed by atoms with Crippen LogP contribution in [0, 0.1) is 0 Å². The Kier molecular flexibility index (Phi) is 4.63. The van der Waals surface area contributed by atoms with Gasteiger partial charge in [0, 0.05) is 11.1 Å². The van der Waals surface area contributed by atoms with Crippen LogP contribution in [0.5, 0.6) is 0 Å². The molecule has 26 heavy (non-hydrogen) atoms. The first-order chi connectivity index (χ1) is 12.8. The average Bonchev–Trinajstić information content (AvgIpc) is 2.75. The molecule has 4 rings (SSSR count). The van der Waals surface area contributed by atoms with Crippen molar-refractivity contribution in [3.05, 3.63) is 120 Å². The molecule has 4 aromatic rings. The molecule has 0 aliphatic carbocycles. The van der Waals surface area contributed by atoms with Gasteiger partial charge in [0.05, 0.1) is 0 Å². The van der Waals surface area contributed by atoms with Gasteiger partial charge in [-0.15, -0.1) is 0 Å². The lowest BCUT2D eigenvalue weighted by atomic mass is 9.95. The summed E-state index contributed by atoms with van der Waals surface area (Å²) in [6.07, 6.45) is 0. The van der Waals surface area contributed by atoms with Gasteiger partial charge in [0.25, 0.3) is 0 Å². The number of hydrogen-bond acceptors (Lipinski definition) is 0. The quantitative estimate of drug-likeness (QED) is 0.520. The second kappa shape index (κ2) is 7.38. The highest BCUT2D eigenvalue weighted by Crippen LogP contribution is 2.25. The van der Waals surface area contributed by atoms with Crippen LogP contribution in [0.2, 0.25) is 0 Å². The fourth-order valence-electron chi connectivity index (χ4n) is 3.27. The Labute approximate surface area is 154 Å². The normalized spacial score (nSPS) is 10.8. The molecule has 3 N–H and O–H groups in total. The second-order valence-corrected chi connectivity index (χ2v) is 6.53. The van der Waals surface area contributed by atoms with Crippen molar-refractivity contribution in [2.75, 3.05) is 0 Å². The SMILES string of the molecule is [NH3+]C(c1ccc(-c2ccccc2)cc1)c1ccc(-c2ccccc2)cc1. The molecule has 0 aromatic heterocycles. The van der Waals surface area contributed by atoms with Gasteiger partial charge in [-0.05, 0) is 22.3 Å². The van der Waals surface area contributed by atoms with Crippen LogP contribution in [0.15, 0.2) is 109 Å². The number of rotatable bonds is 4. The van der Waals surface area contributed by atoms with Crippen LogP contribution in [-0.2, 0) is 0 Å². The van der Waals surface area contributed by atoms with Crippen LogP contribution in [0.3, 0.4) is 0 Å². The smallest absolute Gasteiger partial charge is 0.136 e. The lowest BCUT2D eigenvalue weighted by Gasteiger charge is -2.11. The topological polar surface area (TPSA) is 27.6 Å². The van der Waals surface area contributed by atoms with Crippen molar-refractivity contribution in [3.63, 3.8) is 0 Å². The van der Waals surface area contributed by atoms with Gasteiger partial charge >= 0.3 is 0 Å². The standard InChI is InChI=1S/C25H21N/c26-25(23-15-11-21(12-16-23)19-7-3-1-4-8-19)24-17-13-22(14-18-24)20-9-5-2-6-10-20/h1-18,25H,26H2/p+1. The summed E-state index contributed by atoms with van der Waals surface area (Å²) in [5.41, 5.74) is 11.8. The molecule has 0 heterocycles. The molecule has 0 radical (unpaired) electrons. The molecule has 126 valence electrons. The Morgan fingerprint density at radius 3 is 1.04 bits per heavy atom. The van der Waals surface area contributed by atoms with Crippen LogP contribution in [0.25, 0.3) is 22.3 Å². The number of benzene rings is 4. The summed E-state index contributed by atoms with van der Waals surface area (Å²) in [5.74, 6) is 0. The zero-order valence-electron chi connectivity index (χ0n) is 14.7. The molecular weight excluding hydrogens is 314 g/mol. The predicted octanol–water partition coefficient (Wildman–Crippen LogP) is 5.35. The van der Waals surface area contributed by atoms with Gasteiger partial charge in [0.1, 0.15) is 6.04 Å². The van der Waals surface area contributed by atoms with Crippen molar-refractivity contribution in [1.29, 1.82) is 0 Å². The van der Waals surface area contributed by atoms with Crippen molar-refractivity contribution in [2.24, 2.45) is 0 Å². The molecule has 0 atom stereocenters. The molecule has 0 amide bonds. The lowest BCUT2D eigenvalue weighted by molar-refractivity contribution is -0.411. The summed E-state index contributed by atoms with van der Waals surface area (Å²) in [7, 11) is 0. The highest BCUT2D eigenvalue weighted by Gasteiger charge is 2.12. The molecule has 0 saturated carbocycles. The van der Waals surface area contributed by atoms with Crippen LogP contribution in [-0.4, -0.2) is 0 Å². The maximum Gasteiger partial charge on any atom is 0.136 e. The van der Waals surface area contributed by atoms with Crippen molar-refractivity contribution in [3.8, 4) is 22.3 Å². The molecular formula is C25H22N+. The molecule has 0 aliphatic heterocycles. The Bertz CT molecular complexity index is 873. The fraction of sp³-hybridized carbons (Fsp3) is 0.0400. The zero-order valence-corrected chi connectivity index (χ0v) is 14.7. The molecule has 0 saturated heterocycles. The zero-order chi connectivity index (χ0) is 17.8. The molecule has 1 heteroatoms. The largest absolute Gasteiger partial charge is 0.348 e. The van der Waals surface area contributed by atoms with E-state index < -0.39 is 0 Å². The van der Waals surface area contributed by atoms with Crippen LogP contribution >= 0.6 is 0 Å². The lowest BCUT2D eigenvalue weighted by Crippen LogP contribution is -2.53. The maximum absolute atomic E-state index is 4.38. The Balaban J connectivity index is 1.55. The first kappa shape index (κ1) is 16.3. The van der Waals surface area contributed by atoms with E-state index in [2.05, 4.69) is 103 Å². The van der Waals surface area contributed by atoms with E-state index in [4.69, 9.17) is 0 Å². The molecule has 0 bridgehead atoms. The Morgan fingerprint density at radius 1 is 0.385 bits per heavy atom. The van der Waals surface area contributed by atoms with Crippen molar-refractivity contribution >= 4 is 0 Å². The first-order valence-electron chi connectivity index (χ1n) is 8.95. The van der Waals surface area contributed by atoms with E-state index in [1.165, 1.54) is 33.4 Å². The Morgan fingerprint density at radius 2 is 0.692 bits per heavy atom. The summed E-state index contributed by atoms with van der Waals surface area (Å²) < 4.78 is 0. The van der Waals surface area contributed by atoms with E-state index in [0.29, 0.717) is 0 Å². The monoisotopic (exact) mass is 336 g/mol. The van der Waals surface area contributed by atoms with Crippen molar-refractivity contribution in [1.82, 2.24) is 0 Å². The molecule has 0 fully saturated rings. The summed E-state index contributed by atoms with van der Waals surface area (Å²) in [4.78, 5) is 0. The first-order valence-corrected chi connectivity index (χ1v) is 8.95. The van der Waals surface area contributed by atoms with Gasteiger partial charge in [-0.2, -0.15) is 0 Å². The third-order valence-electron chi connectivity index (χ3n) is 4.84. The second-order valence-electron chi connectivity index (χ2n) is 6.53. The van der Waals surface area contributed by atoms with E-state index in [9.17, 15) is 0 Å². The van der Waals surface area contributed by atoms with E-state index in [-0.39, 0.29) is 6.04 Å². The summed E-state index contributed by atoms with van der Waals surface area (Å²) in [6, 6.07) is 38.5. The molecule has 0 spiro atoms. The van der Waals surface area contributed by atoms with Gasteiger partial charge in [-0.3, -0.25) is 0 Å². The fourth-order valence-corrected chi connectivity index (χ4v) is 3.27. The number of hydrogen-bond donors (Lipinski definition) is 1. The predicted molar refractivity (Wildman–Crippen MR) is 108 cm³/mol.